The van der Waals surface area contributed by atoms with Crippen LogP contribution in [0.1, 0.15) is 26.3 Å². The molecule has 2 aromatic rings. The number of nitrogens with zero attached hydrogens (tertiary/aromatic N) is 2. The largest absolute Gasteiger partial charge is 0.282 e. The van der Waals surface area contributed by atoms with Crippen molar-refractivity contribution in [2.24, 2.45) is 0 Å². The lowest BCUT2D eigenvalue weighted by Gasteiger charge is -2.13. The van der Waals surface area contributed by atoms with Crippen molar-refractivity contribution in [1.29, 1.82) is 0 Å². The molecule has 6 nitrogen and oxygen atoms in total. The molecule has 7 heteroatoms. The highest BCUT2D eigenvalue weighted by atomic mass is 35.5. The lowest BCUT2D eigenvalue weighted by atomic mass is 10.1. The quantitative estimate of drug-likeness (QED) is 0.495. The molecule has 0 saturated heterocycles. The molecule has 1 heterocycles. The van der Waals surface area contributed by atoms with Gasteiger partial charge in [-0.1, -0.05) is 29.8 Å². The smallest absolute Gasteiger partial charge is 0.270 e. The van der Waals surface area contributed by atoms with E-state index in [2.05, 4.69) is 0 Å². The Morgan fingerprint density at radius 2 is 1.82 bits per heavy atom. The molecule has 0 N–H and O–H groups in total. The summed E-state index contributed by atoms with van der Waals surface area (Å²) in [4.78, 5) is 36.1. The van der Waals surface area contributed by atoms with Crippen LogP contribution in [0.2, 0.25) is 5.02 Å². The van der Waals surface area contributed by atoms with Gasteiger partial charge in [0.2, 0.25) is 0 Å². The van der Waals surface area contributed by atoms with E-state index in [4.69, 9.17) is 11.6 Å². The third kappa shape index (κ3) is 2.23. The molecule has 2 amide bonds. The highest BCUT2D eigenvalue weighted by molar-refractivity contribution is 6.30. The molecule has 0 saturated carbocycles. The van der Waals surface area contributed by atoms with Gasteiger partial charge in [-0.15, -0.1) is 0 Å². The van der Waals surface area contributed by atoms with Crippen LogP contribution in [0.3, 0.4) is 0 Å². The summed E-state index contributed by atoms with van der Waals surface area (Å²) < 4.78 is 0. The van der Waals surface area contributed by atoms with Crippen LogP contribution in [0.15, 0.2) is 42.5 Å². The fraction of sp³-hybridized carbons (Fsp3) is 0.0667. The SMILES string of the molecule is O=C1c2cccc([N+](=O)[O-])c2C(=O)N1Cc1cccc(Cl)c1. The van der Waals surface area contributed by atoms with Gasteiger partial charge in [-0.25, -0.2) is 0 Å². The van der Waals surface area contributed by atoms with Crippen molar-refractivity contribution in [3.63, 3.8) is 0 Å². The predicted octanol–water partition coefficient (Wildman–Crippen LogP) is 3.04. The number of imide groups is 1. The Morgan fingerprint density at radius 3 is 2.50 bits per heavy atom. The van der Waals surface area contributed by atoms with Crippen LogP contribution in [0.5, 0.6) is 0 Å². The van der Waals surface area contributed by atoms with E-state index in [9.17, 15) is 19.7 Å². The standard InChI is InChI=1S/C15H9ClN2O4/c16-10-4-1-3-9(7-10)8-17-14(19)11-5-2-6-12(18(21)22)13(11)15(17)20/h1-7H,8H2. The molecule has 2 aromatic carbocycles. The molecular weight excluding hydrogens is 308 g/mol. The van der Waals surface area contributed by atoms with Crippen LogP contribution in [0.4, 0.5) is 5.69 Å². The lowest BCUT2D eigenvalue weighted by molar-refractivity contribution is -0.385. The Hall–Kier alpha value is -2.73. The summed E-state index contributed by atoms with van der Waals surface area (Å²) in [6.07, 6.45) is 0. The van der Waals surface area contributed by atoms with Crippen LogP contribution < -0.4 is 0 Å². The molecule has 3 rings (SSSR count). The topological polar surface area (TPSA) is 80.5 Å². The maximum atomic E-state index is 12.4. The van der Waals surface area contributed by atoms with Crippen molar-refractivity contribution in [3.8, 4) is 0 Å². The number of hydrogen-bond acceptors (Lipinski definition) is 4. The van der Waals surface area contributed by atoms with Gasteiger partial charge in [0.1, 0.15) is 5.56 Å². The van der Waals surface area contributed by atoms with E-state index in [0.717, 1.165) is 4.90 Å². The molecule has 0 bridgehead atoms. The van der Waals surface area contributed by atoms with Gasteiger partial charge in [0, 0.05) is 11.1 Å². The zero-order chi connectivity index (χ0) is 15.9. The second-order valence-corrected chi connectivity index (χ2v) is 5.22. The normalized spacial score (nSPS) is 13.4. The molecule has 0 radical (unpaired) electrons. The Bertz CT molecular complexity index is 819. The number of hydrogen-bond donors (Lipinski definition) is 0. The van der Waals surface area contributed by atoms with Gasteiger partial charge in [0.25, 0.3) is 17.5 Å². The van der Waals surface area contributed by atoms with Crippen molar-refractivity contribution < 1.29 is 14.5 Å². The zero-order valence-corrected chi connectivity index (χ0v) is 11.9. The van der Waals surface area contributed by atoms with E-state index >= 15 is 0 Å². The van der Waals surface area contributed by atoms with Crippen LogP contribution >= 0.6 is 11.6 Å². The van der Waals surface area contributed by atoms with Crippen LogP contribution in [-0.2, 0) is 6.54 Å². The molecule has 0 atom stereocenters. The third-order valence-electron chi connectivity index (χ3n) is 3.40. The highest BCUT2D eigenvalue weighted by Crippen LogP contribution is 2.31. The summed E-state index contributed by atoms with van der Waals surface area (Å²) in [5.74, 6) is -1.20. The fourth-order valence-electron chi connectivity index (χ4n) is 2.43. The zero-order valence-electron chi connectivity index (χ0n) is 11.2. The van der Waals surface area contributed by atoms with E-state index in [0.29, 0.717) is 10.6 Å². The number of carbonyl (C=O) groups excluding carboxylic acids is 2. The van der Waals surface area contributed by atoms with E-state index in [1.807, 2.05) is 0 Å². The van der Waals surface area contributed by atoms with Crippen LogP contribution in [-0.4, -0.2) is 21.6 Å². The van der Waals surface area contributed by atoms with Crippen LogP contribution in [0.25, 0.3) is 0 Å². The maximum Gasteiger partial charge on any atom is 0.282 e. The maximum absolute atomic E-state index is 12.4. The Labute approximate surface area is 130 Å². The Kier molecular flexibility index (Phi) is 3.38. The summed E-state index contributed by atoms with van der Waals surface area (Å²) >= 11 is 5.88. The van der Waals surface area contributed by atoms with E-state index in [1.165, 1.54) is 18.2 Å². The number of rotatable bonds is 3. The van der Waals surface area contributed by atoms with Gasteiger partial charge in [0.15, 0.2) is 0 Å². The van der Waals surface area contributed by atoms with Gasteiger partial charge in [-0.2, -0.15) is 0 Å². The molecule has 22 heavy (non-hydrogen) atoms. The average molecular weight is 317 g/mol. The molecule has 0 fully saturated rings. The molecule has 0 spiro atoms. The van der Waals surface area contributed by atoms with Crippen molar-refractivity contribution in [1.82, 2.24) is 4.90 Å². The Balaban J connectivity index is 2.00. The van der Waals surface area contributed by atoms with Gasteiger partial charge in [0.05, 0.1) is 17.0 Å². The number of carbonyl (C=O) groups is 2. The molecule has 110 valence electrons. The first-order valence-corrected chi connectivity index (χ1v) is 6.75. The van der Waals surface area contributed by atoms with Crippen LogP contribution in [0, 0.1) is 10.1 Å². The second kappa shape index (κ2) is 5.23. The van der Waals surface area contributed by atoms with Crippen molar-refractivity contribution >= 4 is 29.1 Å². The van der Waals surface area contributed by atoms with Crippen molar-refractivity contribution in [3.05, 3.63) is 74.3 Å². The summed E-state index contributed by atoms with van der Waals surface area (Å²) in [6.45, 7) is 0.0179. The fourth-order valence-corrected chi connectivity index (χ4v) is 2.64. The minimum Gasteiger partial charge on any atom is -0.270 e. The van der Waals surface area contributed by atoms with E-state index in [1.54, 1.807) is 24.3 Å². The van der Waals surface area contributed by atoms with E-state index < -0.39 is 16.7 Å². The monoisotopic (exact) mass is 316 g/mol. The molecule has 0 aliphatic carbocycles. The molecular formula is C15H9ClN2O4. The van der Waals surface area contributed by atoms with Gasteiger partial charge in [-0.3, -0.25) is 24.6 Å². The average Bonchev–Trinajstić information content (AvgIpc) is 2.72. The number of nitro groups is 1. The summed E-state index contributed by atoms with van der Waals surface area (Å²) in [6, 6.07) is 10.8. The van der Waals surface area contributed by atoms with Crippen molar-refractivity contribution in [2.45, 2.75) is 6.54 Å². The molecule has 1 aliphatic rings. The first-order chi connectivity index (χ1) is 10.5. The number of fused-ring (bicyclic) bond motifs is 1. The lowest BCUT2D eigenvalue weighted by Crippen LogP contribution is -2.29. The molecule has 1 aliphatic heterocycles. The number of nitro benzene ring substituents is 1. The first-order valence-electron chi connectivity index (χ1n) is 6.37. The minimum atomic E-state index is -0.660. The van der Waals surface area contributed by atoms with E-state index in [-0.39, 0.29) is 23.4 Å². The summed E-state index contributed by atoms with van der Waals surface area (Å²) in [7, 11) is 0. The highest BCUT2D eigenvalue weighted by Gasteiger charge is 2.40. The Morgan fingerprint density at radius 1 is 1.09 bits per heavy atom. The molecule has 0 aromatic heterocycles. The minimum absolute atomic E-state index is 0.0179. The second-order valence-electron chi connectivity index (χ2n) is 4.78. The summed E-state index contributed by atoms with van der Waals surface area (Å²) in [5.41, 5.74) is 0.217. The number of benzene rings is 2. The van der Waals surface area contributed by atoms with Gasteiger partial charge >= 0.3 is 0 Å². The predicted molar refractivity (Wildman–Crippen MR) is 78.8 cm³/mol. The molecule has 0 unspecified atom stereocenters. The van der Waals surface area contributed by atoms with Crippen molar-refractivity contribution in [2.75, 3.05) is 0 Å². The van der Waals surface area contributed by atoms with Gasteiger partial charge in [-0.05, 0) is 23.8 Å². The van der Waals surface area contributed by atoms with Gasteiger partial charge < -0.3 is 0 Å². The summed E-state index contributed by atoms with van der Waals surface area (Å²) in [5, 5.41) is 11.5. The first kappa shape index (κ1) is 14.2. The third-order valence-corrected chi connectivity index (χ3v) is 3.64. The number of halogens is 1. The number of amides is 2.